The van der Waals surface area contributed by atoms with Gasteiger partial charge in [0.05, 0.1) is 6.21 Å². The molecule has 1 fully saturated rings. The summed E-state index contributed by atoms with van der Waals surface area (Å²) in [6.07, 6.45) is 2.61. The first-order valence-electron chi connectivity index (χ1n) is 9.79. The van der Waals surface area contributed by atoms with E-state index in [1.165, 1.54) is 16.7 Å². The molecule has 1 amide bonds. The van der Waals surface area contributed by atoms with Gasteiger partial charge in [0.1, 0.15) is 0 Å². The molecule has 0 heterocycles. The molecule has 0 bridgehead atoms. The van der Waals surface area contributed by atoms with Crippen molar-refractivity contribution in [1.82, 2.24) is 5.43 Å². The minimum Gasteiger partial charge on any atom is -0.273 e. The predicted octanol–water partition coefficient (Wildman–Crippen LogP) is 5.36. The molecule has 3 rings (SSSR count). The van der Waals surface area contributed by atoms with Gasteiger partial charge in [-0.05, 0) is 45.9 Å². The Balaban J connectivity index is 1.52. The van der Waals surface area contributed by atoms with Gasteiger partial charge < -0.3 is 0 Å². The second kappa shape index (κ2) is 7.67. The van der Waals surface area contributed by atoms with Crippen molar-refractivity contribution in [3.63, 3.8) is 0 Å². The second-order valence-electron chi connectivity index (χ2n) is 8.88. The van der Waals surface area contributed by atoms with E-state index in [1.54, 1.807) is 6.21 Å². The fourth-order valence-electron chi connectivity index (χ4n) is 3.30. The molecule has 1 aliphatic rings. The lowest BCUT2D eigenvalue weighted by molar-refractivity contribution is -0.122. The summed E-state index contributed by atoms with van der Waals surface area (Å²) in [5, 5.41) is 4.13. The molecule has 0 radical (unpaired) electrons. The smallest absolute Gasteiger partial charge is 0.243 e. The van der Waals surface area contributed by atoms with Crippen molar-refractivity contribution in [3.8, 4) is 0 Å². The molecule has 3 nitrogen and oxygen atoms in total. The molecule has 2 atom stereocenters. The molecule has 0 aliphatic heterocycles. The summed E-state index contributed by atoms with van der Waals surface area (Å²) in [5.41, 5.74) is 7.71. The maximum Gasteiger partial charge on any atom is 0.243 e. The van der Waals surface area contributed by atoms with E-state index < -0.39 is 0 Å². The van der Waals surface area contributed by atoms with E-state index in [4.69, 9.17) is 0 Å². The lowest BCUT2D eigenvalue weighted by Crippen LogP contribution is -2.20. The zero-order valence-corrected chi connectivity index (χ0v) is 17.0. The van der Waals surface area contributed by atoms with E-state index in [1.807, 2.05) is 12.1 Å². The fourth-order valence-corrected chi connectivity index (χ4v) is 3.30. The van der Waals surface area contributed by atoms with Crippen LogP contribution in [0.15, 0.2) is 53.6 Å². The number of hydrogen-bond acceptors (Lipinski definition) is 2. The highest BCUT2D eigenvalue weighted by atomic mass is 16.2. The van der Waals surface area contributed by atoms with Crippen molar-refractivity contribution in [2.75, 3.05) is 0 Å². The molecule has 1 N–H and O–H groups in total. The highest BCUT2D eigenvalue weighted by Crippen LogP contribution is 2.47. The average Bonchev–Trinajstić information content (AvgIpc) is 3.42. The predicted molar refractivity (Wildman–Crippen MR) is 112 cm³/mol. The van der Waals surface area contributed by atoms with Gasteiger partial charge in [-0.15, -0.1) is 0 Å². The van der Waals surface area contributed by atoms with E-state index in [0.717, 1.165) is 12.0 Å². The number of rotatable bonds is 5. The molecule has 2 aromatic rings. The third-order valence-corrected chi connectivity index (χ3v) is 5.32. The minimum atomic E-state index is 0.00921. The van der Waals surface area contributed by atoms with Gasteiger partial charge in [0, 0.05) is 5.92 Å². The van der Waals surface area contributed by atoms with Crippen LogP contribution in [0.3, 0.4) is 0 Å². The van der Waals surface area contributed by atoms with E-state index in [0.29, 0.717) is 11.8 Å². The first-order valence-corrected chi connectivity index (χ1v) is 9.79. The Hall–Kier alpha value is -2.42. The number of nitrogens with one attached hydrogen (secondary N) is 1. The van der Waals surface area contributed by atoms with Crippen LogP contribution in [0.5, 0.6) is 0 Å². The van der Waals surface area contributed by atoms with Crippen LogP contribution in [0.1, 0.15) is 75.1 Å². The van der Waals surface area contributed by atoms with E-state index in [-0.39, 0.29) is 17.2 Å². The first-order chi connectivity index (χ1) is 12.8. The highest BCUT2D eigenvalue weighted by Gasteiger charge is 2.43. The molecule has 27 heavy (non-hydrogen) atoms. The van der Waals surface area contributed by atoms with Gasteiger partial charge in [-0.1, -0.05) is 83.1 Å². The van der Waals surface area contributed by atoms with Gasteiger partial charge in [-0.3, -0.25) is 4.79 Å². The quantitative estimate of drug-likeness (QED) is 0.564. The van der Waals surface area contributed by atoms with Crippen molar-refractivity contribution in [2.24, 2.45) is 11.0 Å². The Kier molecular flexibility index (Phi) is 5.50. The van der Waals surface area contributed by atoms with Crippen LogP contribution in [0, 0.1) is 5.92 Å². The number of amides is 1. The van der Waals surface area contributed by atoms with Crippen LogP contribution in [0.2, 0.25) is 0 Å². The average molecular weight is 363 g/mol. The highest BCUT2D eigenvalue weighted by molar-refractivity contribution is 5.85. The normalized spacial score (nSPS) is 19.5. The van der Waals surface area contributed by atoms with Gasteiger partial charge in [0.2, 0.25) is 5.91 Å². The largest absolute Gasteiger partial charge is 0.273 e. The SMILES string of the molecule is CC(C)c1ccc(C=NNC(=O)C2CC2c2ccc(C(C)(C)C)cc2)cc1. The standard InChI is InChI=1S/C24H30N2O/c1-16(2)18-8-6-17(7-9-18)15-25-26-23(27)22-14-21(22)19-10-12-20(13-11-19)24(3,4)5/h6-13,15-16,21-22H,14H2,1-5H3,(H,26,27). The Morgan fingerprint density at radius 2 is 1.70 bits per heavy atom. The van der Waals surface area contributed by atoms with Crippen LogP contribution in [-0.4, -0.2) is 12.1 Å². The lowest BCUT2D eigenvalue weighted by atomic mass is 9.86. The molecule has 0 spiro atoms. The number of carbonyl (C=O) groups is 1. The van der Waals surface area contributed by atoms with Gasteiger partial charge in [0.15, 0.2) is 0 Å². The Morgan fingerprint density at radius 1 is 1.07 bits per heavy atom. The topological polar surface area (TPSA) is 41.5 Å². The lowest BCUT2D eigenvalue weighted by Gasteiger charge is -2.19. The van der Waals surface area contributed by atoms with E-state index in [2.05, 4.69) is 81.5 Å². The summed E-state index contributed by atoms with van der Waals surface area (Å²) < 4.78 is 0. The number of carbonyl (C=O) groups excluding carboxylic acids is 1. The maximum absolute atomic E-state index is 12.3. The van der Waals surface area contributed by atoms with Gasteiger partial charge >= 0.3 is 0 Å². The van der Waals surface area contributed by atoms with Crippen molar-refractivity contribution < 1.29 is 4.79 Å². The van der Waals surface area contributed by atoms with Crippen LogP contribution >= 0.6 is 0 Å². The zero-order valence-electron chi connectivity index (χ0n) is 17.0. The molecular weight excluding hydrogens is 332 g/mol. The monoisotopic (exact) mass is 362 g/mol. The third-order valence-electron chi connectivity index (χ3n) is 5.32. The molecule has 2 unspecified atom stereocenters. The van der Waals surface area contributed by atoms with Crippen LogP contribution in [-0.2, 0) is 10.2 Å². The van der Waals surface area contributed by atoms with Crippen molar-refractivity contribution in [3.05, 3.63) is 70.8 Å². The van der Waals surface area contributed by atoms with Crippen molar-refractivity contribution in [2.45, 2.75) is 58.3 Å². The summed E-state index contributed by atoms with van der Waals surface area (Å²) >= 11 is 0. The number of hydrogen-bond donors (Lipinski definition) is 1. The maximum atomic E-state index is 12.3. The minimum absolute atomic E-state index is 0.00921. The number of hydrazone groups is 1. The van der Waals surface area contributed by atoms with E-state index in [9.17, 15) is 4.79 Å². The Bertz CT molecular complexity index is 811. The Labute approximate surface area is 162 Å². The summed E-state index contributed by atoms with van der Waals surface area (Å²) in [5.74, 6) is 0.875. The van der Waals surface area contributed by atoms with Crippen molar-refractivity contribution >= 4 is 12.1 Å². The Morgan fingerprint density at radius 3 is 2.26 bits per heavy atom. The van der Waals surface area contributed by atoms with Crippen molar-refractivity contribution in [1.29, 1.82) is 0 Å². The summed E-state index contributed by atoms with van der Waals surface area (Å²) in [7, 11) is 0. The fraction of sp³-hybridized carbons (Fsp3) is 0.417. The number of benzene rings is 2. The van der Waals surface area contributed by atoms with Gasteiger partial charge in [-0.25, -0.2) is 5.43 Å². The summed E-state index contributed by atoms with van der Waals surface area (Å²) in [4.78, 5) is 12.3. The molecule has 0 saturated heterocycles. The van der Waals surface area contributed by atoms with Crippen LogP contribution < -0.4 is 5.43 Å². The van der Waals surface area contributed by atoms with Crippen LogP contribution in [0.25, 0.3) is 0 Å². The molecule has 142 valence electrons. The van der Waals surface area contributed by atoms with Gasteiger partial charge in [0.25, 0.3) is 0 Å². The van der Waals surface area contributed by atoms with Crippen LogP contribution in [0.4, 0.5) is 0 Å². The molecule has 2 aromatic carbocycles. The second-order valence-corrected chi connectivity index (χ2v) is 8.88. The molecule has 1 saturated carbocycles. The molecule has 0 aromatic heterocycles. The van der Waals surface area contributed by atoms with Gasteiger partial charge in [-0.2, -0.15) is 5.10 Å². The first kappa shape index (κ1) is 19.3. The van der Waals surface area contributed by atoms with E-state index >= 15 is 0 Å². The molecular formula is C24H30N2O. The summed E-state index contributed by atoms with van der Waals surface area (Å²) in [6, 6.07) is 17.0. The molecule has 3 heteroatoms. The molecule has 1 aliphatic carbocycles. The number of nitrogens with zero attached hydrogens (tertiary/aromatic N) is 1. The summed E-state index contributed by atoms with van der Waals surface area (Å²) in [6.45, 7) is 11.0. The zero-order chi connectivity index (χ0) is 19.6. The third kappa shape index (κ3) is 4.85.